The first kappa shape index (κ1) is 13.8. The Balaban J connectivity index is 1.68. The summed E-state index contributed by atoms with van der Waals surface area (Å²) in [6, 6.07) is 14.4. The van der Waals surface area contributed by atoms with E-state index in [1.807, 2.05) is 24.3 Å². The van der Waals surface area contributed by atoms with Crippen LogP contribution in [-0.4, -0.2) is 4.98 Å². The van der Waals surface area contributed by atoms with Gasteiger partial charge in [-0.05, 0) is 35.4 Å². The number of nitrogen functional groups attached to an aromatic ring is 1. The maximum absolute atomic E-state index is 12.9. The van der Waals surface area contributed by atoms with Gasteiger partial charge in [-0.3, -0.25) is 0 Å². The Labute approximate surface area is 127 Å². The fraction of sp³-hybridized carbons (Fsp3) is 0.118. The number of hydrogen-bond acceptors (Lipinski definition) is 3. The van der Waals surface area contributed by atoms with Crippen molar-refractivity contribution in [2.45, 2.75) is 12.8 Å². The zero-order chi connectivity index (χ0) is 14.7. The molecule has 2 nitrogen and oxygen atoms in total. The van der Waals surface area contributed by atoms with Gasteiger partial charge in [0.2, 0.25) is 0 Å². The summed E-state index contributed by atoms with van der Waals surface area (Å²) < 4.78 is 12.9. The van der Waals surface area contributed by atoms with Crippen molar-refractivity contribution in [3.63, 3.8) is 0 Å². The Bertz CT molecular complexity index is 655. The lowest BCUT2D eigenvalue weighted by molar-refractivity contribution is 0.627. The highest BCUT2D eigenvalue weighted by atomic mass is 32.1. The van der Waals surface area contributed by atoms with E-state index in [0.29, 0.717) is 0 Å². The number of thiazole rings is 1. The minimum Gasteiger partial charge on any atom is -0.399 e. The molecule has 0 aliphatic heterocycles. The summed E-state index contributed by atoms with van der Waals surface area (Å²) >= 11 is 1.65. The average molecular weight is 298 g/mol. The Morgan fingerprint density at radius 2 is 1.52 bits per heavy atom. The van der Waals surface area contributed by atoms with Crippen LogP contribution < -0.4 is 5.73 Å². The van der Waals surface area contributed by atoms with Gasteiger partial charge in [-0.2, -0.15) is 0 Å². The van der Waals surface area contributed by atoms with E-state index in [9.17, 15) is 4.39 Å². The molecule has 0 bridgehead atoms. The molecule has 0 saturated carbocycles. The van der Waals surface area contributed by atoms with Gasteiger partial charge >= 0.3 is 0 Å². The van der Waals surface area contributed by atoms with Gasteiger partial charge in [0.25, 0.3) is 0 Å². The standard InChI is InChI=1S/C17H15FN2S/c18-14-5-1-12(2-6-14)9-16-11-21-17(20-16)10-13-3-7-15(19)8-4-13/h1-8,11H,9-10,19H2. The first-order valence-electron chi connectivity index (χ1n) is 6.71. The van der Waals surface area contributed by atoms with Crippen LogP contribution in [0.5, 0.6) is 0 Å². The third-order valence-corrected chi connectivity index (χ3v) is 4.13. The Morgan fingerprint density at radius 3 is 2.24 bits per heavy atom. The second-order valence-electron chi connectivity index (χ2n) is 4.95. The molecule has 1 aromatic heterocycles. The molecular weight excluding hydrogens is 283 g/mol. The van der Waals surface area contributed by atoms with E-state index in [0.717, 1.165) is 34.8 Å². The van der Waals surface area contributed by atoms with Crippen LogP contribution >= 0.6 is 11.3 Å². The maximum atomic E-state index is 12.9. The molecule has 0 saturated heterocycles. The molecule has 0 radical (unpaired) electrons. The largest absolute Gasteiger partial charge is 0.399 e. The molecular formula is C17H15FN2S. The van der Waals surface area contributed by atoms with Gasteiger partial charge in [0.05, 0.1) is 10.7 Å². The molecule has 1 heterocycles. The van der Waals surface area contributed by atoms with Crippen LogP contribution in [0.4, 0.5) is 10.1 Å². The summed E-state index contributed by atoms with van der Waals surface area (Å²) in [5.41, 5.74) is 9.75. The molecule has 0 aliphatic carbocycles. The van der Waals surface area contributed by atoms with Crippen molar-refractivity contribution in [1.82, 2.24) is 4.98 Å². The minimum atomic E-state index is -0.207. The number of aromatic nitrogens is 1. The van der Waals surface area contributed by atoms with Crippen LogP contribution in [0.1, 0.15) is 21.8 Å². The minimum absolute atomic E-state index is 0.207. The normalized spacial score (nSPS) is 10.7. The summed E-state index contributed by atoms with van der Waals surface area (Å²) in [6.07, 6.45) is 1.55. The topological polar surface area (TPSA) is 38.9 Å². The molecule has 0 unspecified atom stereocenters. The summed E-state index contributed by atoms with van der Waals surface area (Å²) in [5.74, 6) is -0.207. The smallest absolute Gasteiger partial charge is 0.123 e. The Hall–Kier alpha value is -2.20. The number of halogens is 1. The SMILES string of the molecule is Nc1ccc(Cc2nc(Cc3ccc(F)cc3)cs2)cc1. The van der Waals surface area contributed by atoms with E-state index in [-0.39, 0.29) is 5.82 Å². The average Bonchev–Trinajstić information content (AvgIpc) is 2.91. The van der Waals surface area contributed by atoms with Crippen LogP contribution in [-0.2, 0) is 12.8 Å². The van der Waals surface area contributed by atoms with Gasteiger partial charge < -0.3 is 5.73 Å². The van der Waals surface area contributed by atoms with Gasteiger partial charge in [-0.1, -0.05) is 24.3 Å². The molecule has 0 fully saturated rings. The number of anilines is 1. The number of benzene rings is 2. The molecule has 0 atom stereocenters. The number of nitrogens with two attached hydrogens (primary N) is 1. The van der Waals surface area contributed by atoms with Gasteiger partial charge in [0, 0.05) is 23.9 Å². The lowest BCUT2D eigenvalue weighted by Gasteiger charge is -1.99. The van der Waals surface area contributed by atoms with Crippen LogP contribution in [0, 0.1) is 5.82 Å². The summed E-state index contributed by atoms with van der Waals surface area (Å²) in [6.45, 7) is 0. The van der Waals surface area contributed by atoms with Crippen molar-refractivity contribution in [3.8, 4) is 0 Å². The molecule has 0 amide bonds. The number of nitrogens with zero attached hydrogens (tertiary/aromatic N) is 1. The summed E-state index contributed by atoms with van der Waals surface area (Å²) in [5, 5.41) is 3.15. The van der Waals surface area contributed by atoms with Crippen LogP contribution in [0.2, 0.25) is 0 Å². The van der Waals surface area contributed by atoms with Gasteiger partial charge in [-0.25, -0.2) is 9.37 Å². The lowest BCUT2D eigenvalue weighted by atomic mass is 10.1. The van der Waals surface area contributed by atoms with Crippen LogP contribution in [0.15, 0.2) is 53.9 Å². The highest BCUT2D eigenvalue weighted by Gasteiger charge is 2.05. The first-order chi connectivity index (χ1) is 10.2. The van der Waals surface area contributed by atoms with Gasteiger partial charge in [0.15, 0.2) is 0 Å². The second kappa shape index (κ2) is 6.06. The van der Waals surface area contributed by atoms with Crippen LogP contribution in [0.3, 0.4) is 0 Å². The monoisotopic (exact) mass is 298 g/mol. The van der Waals surface area contributed by atoms with Crippen molar-refractivity contribution in [1.29, 1.82) is 0 Å². The van der Waals surface area contributed by atoms with E-state index in [1.54, 1.807) is 23.5 Å². The zero-order valence-electron chi connectivity index (χ0n) is 11.4. The van der Waals surface area contributed by atoms with Gasteiger partial charge in [-0.15, -0.1) is 11.3 Å². The third-order valence-electron chi connectivity index (χ3n) is 3.23. The van der Waals surface area contributed by atoms with E-state index < -0.39 is 0 Å². The molecule has 2 aromatic carbocycles. The maximum Gasteiger partial charge on any atom is 0.123 e. The van der Waals surface area contributed by atoms with Crippen molar-refractivity contribution >= 4 is 17.0 Å². The van der Waals surface area contributed by atoms with Crippen molar-refractivity contribution in [3.05, 3.63) is 81.6 Å². The molecule has 3 aromatic rings. The Morgan fingerprint density at radius 1 is 0.905 bits per heavy atom. The summed E-state index contributed by atoms with van der Waals surface area (Å²) in [7, 11) is 0. The van der Waals surface area contributed by atoms with E-state index in [2.05, 4.69) is 10.4 Å². The van der Waals surface area contributed by atoms with E-state index in [4.69, 9.17) is 5.73 Å². The van der Waals surface area contributed by atoms with E-state index in [1.165, 1.54) is 17.7 Å². The fourth-order valence-corrected chi connectivity index (χ4v) is 2.96. The quantitative estimate of drug-likeness (QED) is 0.738. The molecule has 0 spiro atoms. The van der Waals surface area contributed by atoms with Crippen molar-refractivity contribution in [2.75, 3.05) is 5.73 Å². The predicted molar refractivity (Wildman–Crippen MR) is 85.0 cm³/mol. The van der Waals surface area contributed by atoms with Crippen LogP contribution in [0.25, 0.3) is 0 Å². The molecule has 4 heteroatoms. The molecule has 0 aliphatic rings. The second-order valence-corrected chi connectivity index (χ2v) is 5.90. The first-order valence-corrected chi connectivity index (χ1v) is 7.59. The summed E-state index contributed by atoms with van der Waals surface area (Å²) in [4.78, 5) is 4.64. The lowest BCUT2D eigenvalue weighted by Crippen LogP contribution is -1.92. The fourth-order valence-electron chi connectivity index (χ4n) is 2.13. The number of rotatable bonds is 4. The highest BCUT2D eigenvalue weighted by Crippen LogP contribution is 2.18. The predicted octanol–water partition coefficient (Wildman–Crippen LogP) is 4.05. The molecule has 2 N–H and O–H groups in total. The van der Waals surface area contributed by atoms with Crippen molar-refractivity contribution in [2.24, 2.45) is 0 Å². The Kier molecular flexibility index (Phi) is 3.97. The van der Waals surface area contributed by atoms with Crippen molar-refractivity contribution < 1.29 is 4.39 Å². The third kappa shape index (κ3) is 3.67. The van der Waals surface area contributed by atoms with Gasteiger partial charge in [0.1, 0.15) is 5.82 Å². The molecule has 106 valence electrons. The number of hydrogen-bond donors (Lipinski definition) is 1. The van der Waals surface area contributed by atoms with E-state index >= 15 is 0 Å². The zero-order valence-corrected chi connectivity index (χ0v) is 12.2. The molecule has 3 rings (SSSR count). The molecule has 21 heavy (non-hydrogen) atoms. The highest BCUT2D eigenvalue weighted by molar-refractivity contribution is 7.09.